The highest BCUT2D eigenvalue weighted by molar-refractivity contribution is 7.86. The van der Waals surface area contributed by atoms with Gasteiger partial charge in [-0.15, -0.1) is 8.98 Å². The van der Waals surface area contributed by atoms with Gasteiger partial charge in [-0.25, -0.2) is 9.97 Å². The van der Waals surface area contributed by atoms with Gasteiger partial charge in [0, 0.05) is 43.3 Å². The first-order valence-corrected chi connectivity index (χ1v) is 13.5. The van der Waals surface area contributed by atoms with Gasteiger partial charge in [0.2, 0.25) is 5.95 Å². The van der Waals surface area contributed by atoms with Crippen LogP contribution in [-0.4, -0.2) is 51.5 Å². The van der Waals surface area contributed by atoms with Crippen molar-refractivity contribution in [2.75, 3.05) is 22.5 Å². The molecule has 0 aliphatic carbocycles. The number of nitrogens with zero attached hydrogens (tertiary/aromatic N) is 6. The number of halogens is 2. The minimum atomic E-state index is -4.53. The maximum absolute atomic E-state index is 14.1. The van der Waals surface area contributed by atoms with Gasteiger partial charge < -0.3 is 10.2 Å². The third-order valence-electron chi connectivity index (χ3n) is 6.76. The molecule has 1 saturated heterocycles. The van der Waals surface area contributed by atoms with Crippen molar-refractivity contribution in [1.29, 1.82) is 0 Å². The van der Waals surface area contributed by atoms with Crippen molar-refractivity contribution >= 4 is 38.3 Å². The first-order chi connectivity index (χ1) is 17.5. The number of nitrogens with one attached hydrogen (secondary N) is 1. The van der Waals surface area contributed by atoms with Crippen LogP contribution in [0.5, 0.6) is 0 Å². The number of rotatable bonds is 7. The molecular formula is C25H27F2N7O2S. The highest BCUT2D eigenvalue weighted by atomic mass is 32.3. The molecule has 5 rings (SSSR count). The van der Waals surface area contributed by atoms with Gasteiger partial charge in [-0.3, -0.25) is 9.67 Å². The van der Waals surface area contributed by atoms with Crippen LogP contribution in [-0.2, 0) is 17.3 Å². The van der Waals surface area contributed by atoms with E-state index in [0.717, 1.165) is 22.2 Å². The summed E-state index contributed by atoms with van der Waals surface area (Å²) in [4.78, 5) is 15.4. The van der Waals surface area contributed by atoms with Gasteiger partial charge in [0.05, 0.1) is 34.4 Å². The van der Waals surface area contributed by atoms with Gasteiger partial charge in [-0.2, -0.15) is 12.8 Å². The first kappa shape index (κ1) is 25.0. The van der Waals surface area contributed by atoms with Crippen LogP contribution in [0.25, 0.3) is 22.3 Å². The Hall–Kier alpha value is -3.67. The molecule has 1 aliphatic rings. The Labute approximate surface area is 213 Å². The normalized spacial score (nSPS) is 17.9. The summed E-state index contributed by atoms with van der Waals surface area (Å²) in [6.45, 7) is 6.54. The van der Waals surface area contributed by atoms with Crippen molar-refractivity contribution in [2.45, 2.75) is 32.7 Å². The van der Waals surface area contributed by atoms with Crippen molar-refractivity contribution < 1.29 is 16.7 Å². The molecule has 37 heavy (non-hydrogen) atoms. The Balaban J connectivity index is 1.47. The average Bonchev–Trinajstić information content (AvgIpc) is 3.18. The van der Waals surface area contributed by atoms with Crippen molar-refractivity contribution in [3.05, 3.63) is 54.4 Å². The van der Waals surface area contributed by atoms with Crippen molar-refractivity contribution in [3.63, 3.8) is 0 Å². The van der Waals surface area contributed by atoms with Crippen LogP contribution < -0.4 is 10.2 Å². The van der Waals surface area contributed by atoms with E-state index in [9.17, 15) is 16.7 Å². The summed E-state index contributed by atoms with van der Waals surface area (Å²) in [7, 11) is -2.90. The molecule has 0 amide bonds. The third kappa shape index (κ3) is 4.97. The predicted octanol–water partition coefficient (Wildman–Crippen LogP) is 4.56. The second kappa shape index (κ2) is 9.33. The van der Waals surface area contributed by atoms with Crippen molar-refractivity contribution in [3.8, 4) is 11.4 Å². The Morgan fingerprint density at radius 1 is 1.22 bits per heavy atom. The van der Waals surface area contributed by atoms with E-state index in [1.807, 2.05) is 25.1 Å². The van der Waals surface area contributed by atoms with Crippen LogP contribution in [0.15, 0.2) is 42.9 Å². The number of anilines is 3. The molecule has 0 saturated carbocycles. The number of benzene rings is 1. The fourth-order valence-electron chi connectivity index (χ4n) is 4.80. The molecule has 4 aromatic rings. The van der Waals surface area contributed by atoms with E-state index in [2.05, 4.69) is 39.1 Å². The zero-order valence-corrected chi connectivity index (χ0v) is 21.7. The fourth-order valence-corrected chi connectivity index (χ4v) is 5.70. The van der Waals surface area contributed by atoms with E-state index in [-0.39, 0.29) is 29.3 Å². The number of aromatic nitrogens is 5. The van der Waals surface area contributed by atoms with Crippen molar-refractivity contribution in [1.82, 2.24) is 24.7 Å². The molecule has 1 aromatic carbocycles. The van der Waals surface area contributed by atoms with E-state index in [1.54, 1.807) is 25.5 Å². The summed E-state index contributed by atoms with van der Waals surface area (Å²) in [5.74, 6) is -0.474. The van der Waals surface area contributed by atoms with Gasteiger partial charge in [0.25, 0.3) is 0 Å². The fraction of sp³-hybridized carbons (Fsp3) is 0.360. The summed E-state index contributed by atoms with van der Waals surface area (Å²) in [5.41, 5.74) is 3.66. The summed E-state index contributed by atoms with van der Waals surface area (Å²) in [6, 6.07) is 7.58. The molecule has 0 spiro atoms. The highest BCUT2D eigenvalue weighted by Gasteiger charge is 2.39. The van der Waals surface area contributed by atoms with Crippen LogP contribution in [0.4, 0.5) is 25.5 Å². The number of pyridine rings is 1. The quantitative estimate of drug-likeness (QED) is 0.349. The van der Waals surface area contributed by atoms with E-state index in [1.165, 1.54) is 10.9 Å². The predicted molar refractivity (Wildman–Crippen MR) is 138 cm³/mol. The van der Waals surface area contributed by atoms with Gasteiger partial charge in [0.1, 0.15) is 5.82 Å². The molecular weight excluding hydrogens is 500 g/mol. The average molecular weight is 528 g/mol. The molecule has 2 atom stereocenters. The first-order valence-electron chi connectivity index (χ1n) is 11.9. The summed E-state index contributed by atoms with van der Waals surface area (Å²) in [5, 5.41) is 7.89. The van der Waals surface area contributed by atoms with Gasteiger partial charge in [-0.05, 0) is 36.6 Å². The molecule has 4 heterocycles. The van der Waals surface area contributed by atoms with Crippen LogP contribution in [0.2, 0.25) is 0 Å². The van der Waals surface area contributed by atoms with E-state index < -0.39 is 21.9 Å². The summed E-state index contributed by atoms with van der Waals surface area (Å²) in [6.07, 6.45) is 4.76. The lowest BCUT2D eigenvalue weighted by Crippen LogP contribution is -2.57. The van der Waals surface area contributed by atoms with Gasteiger partial charge in [0.15, 0.2) is 5.82 Å². The minimum absolute atomic E-state index is 0.134. The lowest BCUT2D eigenvalue weighted by molar-refractivity contribution is 0.338. The number of fused-ring (bicyclic) bond motifs is 1. The maximum Gasteiger partial charge on any atom is 0.302 e. The largest absolute Gasteiger partial charge is 0.366 e. The van der Waals surface area contributed by atoms with E-state index in [4.69, 9.17) is 4.98 Å². The standard InChI is InChI=1S/C25H27F2N7O2S/c1-14(2)18-5-6-21(34-11-16(15(34)3)13-37(27,35)36)23-19(18)9-17(10-29-23)30-22-7-8-28-25(31-22)20-12-33(4)32-24(20)26/h5-10,12,14-16H,11,13H2,1-4H3,(H,28,30,31)/t15-,16-/m1/s1. The molecule has 194 valence electrons. The minimum Gasteiger partial charge on any atom is -0.366 e. The smallest absolute Gasteiger partial charge is 0.302 e. The van der Waals surface area contributed by atoms with E-state index in [0.29, 0.717) is 18.1 Å². The van der Waals surface area contributed by atoms with Gasteiger partial charge >= 0.3 is 10.2 Å². The number of aryl methyl sites for hydroxylation is 1. The summed E-state index contributed by atoms with van der Waals surface area (Å²) >= 11 is 0. The molecule has 0 bridgehead atoms. The molecule has 0 unspecified atom stereocenters. The number of hydrogen-bond acceptors (Lipinski definition) is 8. The second-order valence-electron chi connectivity index (χ2n) is 9.71. The van der Waals surface area contributed by atoms with Crippen LogP contribution >= 0.6 is 0 Å². The molecule has 12 heteroatoms. The maximum atomic E-state index is 14.1. The van der Waals surface area contributed by atoms with Crippen LogP contribution in [0, 0.1) is 11.9 Å². The molecule has 1 aliphatic heterocycles. The topological polar surface area (TPSA) is 106 Å². The second-order valence-corrected chi connectivity index (χ2v) is 11.1. The molecule has 9 nitrogen and oxygen atoms in total. The zero-order valence-electron chi connectivity index (χ0n) is 20.9. The monoisotopic (exact) mass is 527 g/mol. The highest BCUT2D eigenvalue weighted by Crippen LogP contribution is 2.39. The Morgan fingerprint density at radius 2 is 2.00 bits per heavy atom. The third-order valence-corrected chi connectivity index (χ3v) is 7.59. The molecule has 0 radical (unpaired) electrons. The molecule has 1 fully saturated rings. The summed E-state index contributed by atoms with van der Waals surface area (Å²) < 4.78 is 51.0. The van der Waals surface area contributed by atoms with Gasteiger partial charge in [-0.1, -0.05) is 19.9 Å². The lowest BCUT2D eigenvalue weighted by Gasteiger charge is -2.47. The Bertz CT molecular complexity index is 1590. The molecule has 1 N–H and O–H groups in total. The van der Waals surface area contributed by atoms with E-state index >= 15 is 0 Å². The lowest BCUT2D eigenvalue weighted by atomic mass is 9.89. The SMILES string of the molecule is CC(C)c1ccc(N2C[C@H](CS(=O)(=O)F)[C@H]2C)c2ncc(Nc3ccnc(-c4cn(C)nc4F)n3)cc12. The molecule has 3 aromatic heterocycles. The van der Waals surface area contributed by atoms with Crippen LogP contribution in [0.1, 0.15) is 32.3 Å². The Morgan fingerprint density at radius 3 is 2.65 bits per heavy atom. The number of hydrogen-bond donors (Lipinski definition) is 1. The van der Waals surface area contributed by atoms with Crippen molar-refractivity contribution in [2.24, 2.45) is 13.0 Å². The zero-order chi connectivity index (χ0) is 26.5. The Kier molecular flexibility index (Phi) is 6.30. The van der Waals surface area contributed by atoms with Crippen LogP contribution in [0.3, 0.4) is 0 Å².